The van der Waals surface area contributed by atoms with Gasteiger partial charge in [-0.1, -0.05) is 6.92 Å². The van der Waals surface area contributed by atoms with Gasteiger partial charge in [0.15, 0.2) is 0 Å². The Kier molecular flexibility index (Phi) is 6.50. The molecule has 5 nitrogen and oxygen atoms in total. The van der Waals surface area contributed by atoms with Crippen molar-refractivity contribution < 1.29 is 19.0 Å². The van der Waals surface area contributed by atoms with Crippen molar-refractivity contribution >= 4 is 6.09 Å². The maximum Gasteiger partial charge on any atom is 0.410 e. The van der Waals surface area contributed by atoms with E-state index in [0.717, 1.165) is 37.4 Å². The smallest absolute Gasteiger partial charge is 0.410 e. The highest BCUT2D eigenvalue weighted by atomic mass is 16.6. The van der Waals surface area contributed by atoms with Gasteiger partial charge in [0.25, 0.3) is 0 Å². The molecule has 150 valence electrons. The number of hydrogen-bond donors (Lipinski definition) is 0. The topological polar surface area (TPSA) is 48.0 Å². The van der Waals surface area contributed by atoms with Crippen LogP contribution in [0.4, 0.5) is 4.79 Å². The van der Waals surface area contributed by atoms with Gasteiger partial charge in [-0.3, -0.25) is 0 Å². The number of carbonyl (C=O) groups is 1. The second kappa shape index (κ2) is 8.47. The molecule has 0 atom stereocenters. The van der Waals surface area contributed by atoms with Crippen molar-refractivity contribution in [3.8, 4) is 0 Å². The van der Waals surface area contributed by atoms with Crippen LogP contribution in [0.25, 0.3) is 0 Å². The van der Waals surface area contributed by atoms with Crippen LogP contribution in [-0.2, 0) is 14.2 Å². The Morgan fingerprint density at radius 1 is 0.923 bits per heavy atom. The highest BCUT2D eigenvalue weighted by molar-refractivity contribution is 5.69. The molecular weight excluding hydrogens is 330 g/mol. The normalized spacial score (nSPS) is 31.8. The van der Waals surface area contributed by atoms with Gasteiger partial charge in [0, 0.05) is 13.2 Å². The summed E-state index contributed by atoms with van der Waals surface area (Å²) in [6.45, 7) is 11.1. The largest absolute Gasteiger partial charge is 0.444 e. The summed E-state index contributed by atoms with van der Waals surface area (Å²) in [6.07, 6.45) is 8.10. The summed E-state index contributed by atoms with van der Waals surface area (Å²) < 4.78 is 17.2. The van der Waals surface area contributed by atoms with Gasteiger partial charge in [-0.25, -0.2) is 4.79 Å². The van der Waals surface area contributed by atoms with Gasteiger partial charge in [0.1, 0.15) is 5.60 Å². The summed E-state index contributed by atoms with van der Waals surface area (Å²) in [6, 6.07) is 0. The zero-order valence-corrected chi connectivity index (χ0v) is 17.0. The van der Waals surface area contributed by atoms with E-state index < -0.39 is 5.60 Å². The van der Waals surface area contributed by atoms with Crippen molar-refractivity contribution in [1.82, 2.24) is 4.90 Å². The molecule has 1 heterocycles. The molecule has 1 saturated heterocycles. The van der Waals surface area contributed by atoms with E-state index in [2.05, 4.69) is 6.92 Å². The second-order valence-electron chi connectivity index (χ2n) is 9.73. The molecule has 26 heavy (non-hydrogen) atoms. The lowest BCUT2D eigenvalue weighted by Crippen LogP contribution is -2.56. The van der Waals surface area contributed by atoms with E-state index in [9.17, 15) is 4.79 Å². The first kappa shape index (κ1) is 19.9. The molecule has 1 amide bonds. The van der Waals surface area contributed by atoms with Gasteiger partial charge in [-0.2, -0.15) is 0 Å². The van der Waals surface area contributed by atoms with Crippen LogP contribution in [0, 0.1) is 17.8 Å². The number of carbonyl (C=O) groups excluding carboxylic acids is 1. The first-order valence-electron chi connectivity index (χ1n) is 10.5. The second-order valence-corrected chi connectivity index (χ2v) is 9.73. The zero-order chi connectivity index (χ0) is 18.7. The minimum absolute atomic E-state index is 0.191. The number of nitrogens with zero attached hydrogens (tertiary/aromatic N) is 1. The third-order valence-electron chi connectivity index (χ3n) is 5.92. The number of rotatable bonds is 8. The molecule has 0 bridgehead atoms. The Labute approximate surface area is 158 Å². The van der Waals surface area contributed by atoms with Crippen LogP contribution < -0.4 is 0 Å². The summed E-state index contributed by atoms with van der Waals surface area (Å²) in [5, 5.41) is 0. The van der Waals surface area contributed by atoms with E-state index in [-0.39, 0.29) is 12.2 Å². The lowest BCUT2D eigenvalue weighted by Gasteiger charge is -2.40. The molecule has 0 radical (unpaired) electrons. The van der Waals surface area contributed by atoms with E-state index >= 15 is 0 Å². The highest BCUT2D eigenvalue weighted by Crippen LogP contribution is 2.39. The fourth-order valence-corrected chi connectivity index (χ4v) is 4.13. The predicted octanol–water partition coefficient (Wildman–Crippen LogP) is 4.24. The highest BCUT2D eigenvalue weighted by Gasteiger charge is 2.35. The molecule has 1 aliphatic heterocycles. The van der Waals surface area contributed by atoms with Crippen molar-refractivity contribution in [2.24, 2.45) is 17.8 Å². The molecule has 3 fully saturated rings. The van der Waals surface area contributed by atoms with Crippen molar-refractivity contribution in [3.63, 3.8) is 0 Å². The van der Waals surface area contributed by atoms with Gasteiger partial charge in [0.05, 0.1) is 25.3 Å². The minimum atomic E-state index is -0.425. The minimum Gasteiger partial charge on any atom is -0.444 e. The monoisotopic (exact) mass is 367 g/mol. The maximum atomic E-state index is 11.9. The molecule has 5 heteroatoms. The lowest BCUT2D eigenvalue weighted by molar-refractivity contribution is -0.0695. The number of ether oxygens (including phenoxy) is 3. The van der Waals surface area contributed by atoms with Gasteiger partial charge in [-0.05, 0) is 77.0 Å². The van der Waals surface area contributed by atoms with Gasteiger partial charge >= 0.3 is 6.09 Å². The number of likely N-dealkylation sites (tertiary alicyclic amines) is 1. The summed E-state index contributed by atoms with van der Waals surface area (Å²) >= 11 is 0. The average molecular weight is 368 g/mol. The third kappa shape index (κ3) is 5.85. The predicted molar refractivity (Wildman–Crippen MR) is 101 cm³/mol. The van der Waals surface area contributed by atoms with Crippen molar-refractivity contribution in [2.45, 2.75) is 84.0 Å². The molecule has 0 unspecified atom stereocenters. The Morgan fingerprint density at radius 3 is 1.96 bits per heavy atom. The summed E-state index contributed by atoms with van der Waals surface area (Å²) in [5.41, 5.74) is -0.425. The van der Waals surface area contributed by atoms with Crippen LogP contribution >= 0.6 is 0 Å². The lowest BCUT2D eigenvalue weighted by atomic mass is 9.72. The Morgan fingerprint density at radius 2 is 1.46 bits per heavy atom. The molecule has 2 aliphatic carbocycles. The van der Waals surface area contributed by atoms with Crippen molar-refractivity contribution in [3.05, 3.63) is 0 Å². The molecule has 2 saturated carbocycles. The Balaban J connectivity index is 1.14. The molecule has 0 spiro atoms. The molecule has 3 aliphatic rings. The van der Waals surface area contributed by atoms with E-state index in [0.29, 0.717) is 19.2 Å². The van der Waals surface area contributed by atoms with Gasteiger partial charge < -0.3 is 19.1 Å². The molecule has 0 aromatic rings. The zero-order valence-electron chi connectivity index (χ0n) is 17.0. The third-order valence-corrected chi connectivity index (χ3v) is 5.92. The van der Waals surface area contributed by atoms with Crippen molar-refractivity contribution in [2.75, 3.05) is 26.3 Å². The van der Waals surface area contributed by atoms with Crippen LogP contribution in [0.15, 0.2) is 0 Å². The summed E-state index contributed by atoms with van der Waals surface area (Å²) in [5.74, 6) is 2.56. The van der Waals surface area contributed by atoms with Crippen LogP contribution in [-0.4, -0.2) is 55.1 Å². The quantitative estimate of drug-likeness (QED) is 0.644. The van der Waals surface area contributed by atoms with Gasteiger partial charge in [-0.15, -0.1) is 0 Å². The first-order valence-corrected chi connectivity index (χ1v) is 10.5. The van der Waals surface area contributed by atoms with Crippen molar-refractivity contribution in [1.29, 1.82) is 0 Å². The van der Waals surface area contributed by atoms with E-state index in [1.807, 2.05) is 20.8 Å². The number of hydrogen-bond acceptors (Lipinski definition) is 4. The Bertz CT molecular complexity index is 457. The molecule has 3 rings (SSSR count). The van der Waals surface area contributed by atoms with E-state index in [1.54, 1.807) is 4.90 Å². The standard InChI is InChI=1S/C21H37NO4/c1-15-9-18(10-15)24-7-5-16-11-17(12-16)6-8-25-19-13-22(14-19)20(23)26-21(2,3)4/h15-19H,5-14H2,1-4H3/t15-,16?,17?,18+. The maximum absolute atomic E-state index is 11.9. The Hall–Kier alpha value is -0.810. The van der Waals surface area contributed by atoms with Gasteiger partial charge in [0.2, 0.25) is 0 Å². The van der Waals surface area contributed by atoms with Crippen LogP contribution in [0.3, 0.4) is 0 Å². The summed E-state index contributed by atoms with van der Waals surface area (Å²) in [7, 11) is 0. The molecular formula is C21H37NO4. The van der Waals surface area contributed by atoms with Crippen LogP contribution in [0.5, 0.6) is 0 Å². The molecule has 0 aromatic carbocycles. The fourth-order valence-electron chi connectivity index (χ4n) is 4.13. The first-order chi connectivity index (χ1) is 12.3. The van der Waals surface area contributed by atoms with E-state index in [4.69, 9.17) is 14.2 Å². The number of amides is 1. The van der Waals surface area contributed by atoms with E-state index in [1.165, 1.54) is 32.1 Å². The summed E-state index contributed by atoms with van der Waals surface area (Å²) in [4.78, 5) is 13.6. The van der Waals surface area contributed by atoms with Crippen LogP contribution in [0.2, 0.25) is 0 Å². The average Bonchev–Trinajstić information content (AvgIpc) is 2.41. The SMILES string of the molecule is CC(C)(C)OC(=O)N1CC(OCCC2CC(CCO[C@H]3C[C@@H](C)C3)C2)C1. The fraction of sp³-hybridized carbons (Fsp3) is 0.952. The molecule has 0 aromatic heterocycles. The molecule has 0 N–H and O–H groups in total. The van der Waals surface area contributed by atoms with Crippen LogP contribution in [0.1, 0.15) is 66.2 Å².